The number of aliphatic carboxylic acids is 1. The molecule has 2 fully saturated rings. The molecule has 0 saturated carbocycles. The fourth-order valence-corrected chi connectivity index (χ4v) is 3.97. The molecule has 1 unspecified atom stereocenters. The van der Waals surface area contributed by atoms with E-state index < -0.39 is 22.2 Å². The molecule has 0 bridgehead atoms. The van der Waals surface area contributed by atoms with Gasteiger partial charge in [-0.1, -0.05) is 0 Å². The number of carboxylic acid groups (broad SMARTS) is 1. The number of nitrogens with zero attached hydrogens (tertiary/aromatic N) is 2. The summed E-state index contributed by atoms with van der Waals surface area (Å²) in [7, 11) is -3.17. The number of ether oxygens (including phenoxy) is 1. The number of aromatic nitrogens is 1. The molecule has 174 valence electrons. The first-order valence-corrected chi connectivity index (χ1v) is 11.2. The number of carbonyl (C=O) groups is 2. The summed E-state index contributed by atoms with van der Waals surface area (Å²) in [6, 6.07) is 3.62. The van der Waals surface area contributed by atoms with Crippen LogP contribution in [0.25, 0.3) is 0 Å². The van der Waals surface area contributed by atoms with Crippen molar-refractivity contribution in [3.05, 3.63) is 29.6 Å². The molecule has 2 aliphatic rings. The molecular formula is C18H24F3N3O6S. The molecule has 1 spiro atoms. The van der Waals surface area contributed by atoms with Crippen molar-refractivity contribution in [1.29, 1.82) is 0 Å². The molecule has 13 heteroatoms. The number of rotatable bonds is 5. The van der Waals surface area contributed by atoms with Crippen molar-refractivity contribution < 1.29 is 41.0 Å². The molecule has 2 aliphatic heterocycles. The van der Waals surface area contributed by atoms with Crippen LogP contribution in [-0.4, -0.2) is 79.6 Å². The average Bonchev–Trinajstić information content (AvgIpc) is 3.03. The van der Waals surface area contributed by atoms with Gasteiger partial charge in [0.15, 0.2) is 0 Å². The Morgan fingerprint density at radius 3 is 2.45 bits per heavy atom. The van der Waals surface area contributed by atoms with Gasteiger partial charge in [-0.2, -0.15) is 13.2 Å². The van der Waals surface area contributed by atoms with Crippen LogP contribution >= 0.6 is 0 Å². The highest BCUT2D eigenvalue weighted by Crippen LogP contribution is 2.42. The minimum absolute atomic E-state index is 0.0309. The molecule has 2 saturated heterocycles. The highest BCUT2D eigenvalue weighted by Gasteiger charge is 2.54. The van der Waals surface area contributed by atoms with Gasteiger partial charge in [-0.3, -0.25) is 9.78 Å². The Hall–Kier alpha value is -2.25. The molecule has 2 N–H and O–H groups in total. The fraction of sp³-hybridized carbons (Fsp3) is 0.611. The maximum Gasteiger partial charge on any atom is 0.490 e. The minimum Gasteiger partial charge on any atom is -0.475 e. The second-order valence-electron chi connectivity index (χ2n) is 7.51. The molecule has 3 rings (SSSR count). The molecule has 1 aromatic rings. The SMILES string of the molecule is Cc1ccc(C(=O)N2CC3(C2)OCCC3CCNS(C)(=O)=O)cn1.O=C(O)C(F)(F)F. The summed E-state index contributed by atoms with van der Waals surface area (Å²) < 4.78 is 62.5. The topological polar surface area (TPSA) is 126 Å². The molecule has 0 aliphatic carbocycles. The van der Waals surface area contributed by atoms with Gasteiger partial charge in [-0.05, 0) is 37.8 Å². The Labute approximate surface area is 177 Å². The monoisotopic (exact) mass is 467 g/mol. The van der Waals surface area contributed by atoms with Crippen LogP contribution in [0.4, 0.5) is 13.2 Å². The maximum atomic E-state index is 12.5. The van der Waals surface area contributed by atoms with E-state index in [4.69, 9.17) is 14.6 Å². The molecule has 1 amide bonds. The lowest BCUT2D eigenvalue weighted by atomic mass is 9.78. The first-order valence-electron chi connectivity index (χ1n) is 9.34. The minimum atomic E-state index is -5.08. The summed E-state index contributed by atoms with van der Waals surface area (Å²) >= 11 is 0. The Bertz CT molecular complexity index is 899. The van der Waals surface area contributed by atoms with Gasteiger partial charge in [-0.15, -0.1) is 0 Å². The van der Waals surface area contributed by atoms with Crippen LogP contribution in [0, 0.1) is 12.8 Å². The van der Waals surface area contributed by atoms with Gasteiger partial charge < -0.3 is 14.7 Å². The summed E-state index contributed by atoms with van der Waals surface area (Å²) in [6.07, 6.45) is -0.695. The molecule has 9 nitrogen and oxygen atoms in total. The Balaban J connectivity index is 0.000000423. The van der Waals surface area contributed by atoms with Crippen molar-refractivity contribution in [3.63, 3.8) is 0 Å². The number of carbonyl (C=O) groups excluding carboxylic acids is 1. The van der Waals surface area contributed by atoms with Crippen molar-refractivity contribution in [2.24, 2.45) is 5.92 Å². The smallest absolute Gasteiger partial charge is 0.475 e. The van der Waals surface area contributed by atoms with Gasteiger partial charge in [-0.25, -0.2) is 17.9 Å². The van der Waals surface area contributed by atoms with Crippen molar-refractivity contribution in [2.45, 2.75) is 31.5 Å². The Morgan fingerprint density at radius 2 is 1.97 bits per heavy atom. The quantitative estimate of drug-likeness (QED) is 0.666. The number of halogens is 3. The summed E-state index contributed by atoms with van der Waals surface area (Å²) in [5.74, 6) is -2.52. The summed E-state index contributed by atoms with van der Waals surface area (Å²) in [6.45, 7) is 4.07. The predicted octanol–water partition coefficient (Wildman–Crippen LogP) is 1.19. The van der Waals surface area contributed by atoms with Crippen LogP contribution in [0.1, 0.15) is 28.9 Å². The Kier molecular flexibility index (Phi) is 7.66. The van der Waals surface area contributed by atoms with Gasteiger partial charge in [0, 0.05) is 25.0 Å². The third-order valence-electron chi connectivity index (χ3n) is 5.06. The van der Waals surface area contributed by atoms with Gasteiger partial charge in [0.1, 0.15) is 5.60 Å². The van der Waals surface area contributed by atoms with Crippen LogP contribution in [0.15, 0.2) is 18.3 Å². The zero-order valence-corrected chi connectivity index (χ0v) is 17.8. The number of carboxylic acids is 1. The molecule has 31 heavy (non-hydrogen) atoms. The lowest BCUT2D eigenvalue weighted by molar-refractivity contribution is -0.192. The van der Waals surface area contributed by atoms with E-state index in [-0.39, 0.29) is 17.4 Å². The lowest BCUT2D eigenvalue weighted by Gasteiger charge is -2.50. The van der Waals surface area contributed by atoms with E-state index in [1.807, 2.05) is 13.0 Å². The largest absolute Gasteiger partial charge is 0.490 e. The zero-order valence-electron chi connectivity index (χ0n) is 17.0. The first-order chi connectivity index (χ1) is 14.2. The van der Waals surface area contributed by atoms with E-state index in [0.29, 0.717) is 31.8 Å². The molecule has 0 radical (unpaired) electrons. The van der Waals surface area contributed by atoms with Gasteiger partial charge in [0.25, 0.3) is 5.91 Å². The predicted molar refractivity (Wildman–Crippen MR) is 103 cm³/mol. The van der Waals surface area contributed by atoms with Crippen LogP contribution in [0.3, 0.4) is 0 Å². The number of pyridine rings is 1. The van der Waals surface area contributed by atoms with Gasteiger partial charge in [0.2, 0.25) is 10.0 Å². The number of alkyl halides is 3. The van der Waals surface area contributed by atoms with Crippen molar-refractivity contribution in [3.8, 4) is 0 Å². The third kappa shape index (κ3) is 6.87. The van der Waals surface area contributed by atoms with Gasteiger partial charge in [0.05, 0.1) is 24.9 Å². The number of aryl methyl sites for hydroxylation is 1. The van der Waals surface area contributed by atoms with E-state index in [0.717, 1.165) is 24.8 Å². The standard InChI is InChI=1S/C16H23N3O4S.C2HF3O2/c1-12-3-4-13(9-17-12)15(20)19-10-16(11-19)14(6-8-23-16)5-7-18-24(2,21)22;3-2(4,5)1(6)7/h3-4,9,14,18H,5-8,10-11H2,1-2H3;(H,6,7). The van der Waals surface area contributed by atoms with Crippen molar-refractivity contribution >= 4 is 21.9 Å². The van der Waals surface area contributed by atoms with Crippen LogP contribution < -0.4 is 4.72 Å². The first kappa shape index (κ1) is 25.0. The number of sulfonamides is 1. The summed E-state index contributed by atoms with van der Waals surface area (Å²) in [4.78, 5) is 27.3. The fourth-order valence-electron chi connectivity index (χ4n) is 3.48. The number of likely N-dealkylation sites (tertiary alicyclic amines) is 1. The van der Waals surface area contributed by atoms with Crippen LogP contribution in [0.5, 0.6) is 0 Å². The van der Waals surface area contributed by atoms with Crippen LogP contribution in [0.2, 0.25) is 0 Å². The third-order valence-corrected chi connectivity index (χ3v) is 5.79. The second-order valence-corrected chi connectivity index (χ2v) is 9.34. The van der Waals surface area contributed by atoms with E-state index in [1.165, 1.54) is 0 Å². The molecule has 0 aromatic carbocycles. The van der Waals surface area contributed by atoms with Crippen molar-refractivity contribution in [2.75, 3.05) is 32.5 Å². The molecule has 3 heterocycles. The number of hydrogen-bond donors (Lipinski definition) is 2. The number of hydrogen-bond acceptors (Lipinski definition) is 6. The number of amides is 1. The lowest BCUT2D eigenvalue weighted by Crippen LogP contribution is -2.66. The molecule has 1 aromatic heterocycles. The zero-order chi connectivity index (χ0) is 23.4. The molecular weight excluding hydrogens is 443 g/mol. The van der Waals surface area contributed by atoms with Crippen molar-refractivity contribution in [1.82, 2.24) is 14.6 Å². The maximum absolute atomic E-state index is 12.5. The number of nitrogens with one attached hydrogen (secondary N) is 1. The highest BCUT2D eigenvalue weighted by molar-refractivity contribution is 7.88. The summed E-state index contributed by atoms with van der Waals surface area (Å²) in [5.41, 5.74) is 1.15. The van der Waals surface area contributed by atoms with E-state index in [9.17, 15) is 26.4 Å². The second kappa shape index (κ2) is 9.49. The highest BCUT2D eigenvalue weighted by atomic mass is 32.2. The van der Waals surface area contributed by atoms with E-state index in [2.05, 4.69) is 9.71 Å². The average molecular weight is 467 g/mol. The Morgan fingerprint density at radius 1 is 1.35 bits per heavy atom. The normalized spacial score (nSPS) is 20.0. The van der Waals surface area contributed by atoms with E-state index in [1.54, 1.807) is 17.2 Å². The van der Waals surface area contributed by atoms with Gasteiger partial charge >= 0.3 is 12.1 Å². The van der Waals surface area contributed by atoms with Crippen LogP contribution in [-0.2, 0) is 19.6 Å². The van der Waals surface area contributed by atoms with E-state index >= 15 is 0 Å². The molecule has 1 atom stereocenters. The summed E-state index contributed by atoms with van der Waals surface area (Å²) in [5, 5.41) is 7.12.